The van der Waals surface area contributed by atoms with E-state index in [0.29, 0.717) is 11.8 Å². The van der Waals surface area contributed by atoms with Crippen LogP contribution in [0.5, 0.6) is 0 Å². The Hall–Kier alpha value is -0.860. The molecule has 1 aliphatic rings. The van der Waals surface area contributed by atoms with Crippen LogP contribution in [0.1, 0.15) is 37.8 Å². The van der Waals surface area contributed by atoms with Crippen molar-refractivity contribution in [1.82, 2.24) is 20.4 Å². The van der Waals surface area contributed by atoms with Crippen LogP contribution >= 0.6 is 24.0 Å². The Kier molecular flexibility index (Phi) is 12.0. The second kappa shape index (κ2) is 13.4. The minimum absolute atomic E-state index is 0. The van der Waals surface area contributed by atoms with E-state index in [1.165, 1.54) is 43.9 Å². The monoisotopic (exact) mass is 501 g/mol. The molecule has 2 atom stereocenters. The van der Waals surface area contributed by atoms with Gasteiger partial charge in [-0.1, -0.05) is 50.6 Å². The number of likely N-dealkylation sites (N-methyl/N-ethyl adjacent to an activating group) is 1. The second-order valence-electron chi connectivity index (χ2n) is 7.99. The second-order valence-corrected chi connectivity index (χ2v) is 7.99. The summed E-state index contributed by atoms with van der Waals surface area (Å²) in [5.41, 5.74) is 2.67. The molecule has 1 heterocycles. The van der Waals surface area contributed by atoms with Gasteiger partial charge in [-0.15, -0.1) is 24.0 Å². The minimum Gasteiger partial charge on any atom is -0.356 e. The number of rotatable bonds is 8. The predicted octanol–water partition coefficient (Wildman–Crippen LogP) is 3.16. The standard InChI is InChI=1S/C22H39N5.HI/c1-6-26-11-13-27(14-12-26)17-19(3)15-24-22(23-5)25-16-20(4)21-9-7-18(2)8-10-21;/h7-10,19-20H,6,11-17H2,1-5H3,(H2,23,24,25);1H. The first kappa shape index (κ1) is 25.2. The molecule has 0 aromatic heterocycles. The van der Waals surface area contributed by atoms with Crippen LogP contribution in [-0.4, -0.2) is 75.2 Å². The Balaban J connectivity index is 0.00000392. The third-order valence-corrected chi connectivity index (χ3v) is 5.55. The number of hydrogen-bond acceptors (Lipinski definition) is 3. The molecular weight excluding hydrogens is 461 g/mol. The van der Waals surface area contributed by atoms with Gasteiger partial charge in [0.1, 0.15) is 0 Å². The van der Waals surface area contributed by atoms with Gasteiger partial charge in [0.25, 0.3) is 0 Å². The van der Waals surface area contributed by atoms with Crippen LogP contribution < -0.4 is 10.6 Å². The fourth-order valence-electron chi connectivity index (χ4n) is 3.55. The molecule has 2 rings (SSSR count). The predicted molar refractivity (Wildman–Crippen MR) is 132 cm³/mol. The Morgan fingerprint density at radius 2 is 1.57 bits per heavy atom. The highest BCUT2D eigenvalue weighted by Crippen LogP contribution is 2.14. The zero-order valence-corrected chi connectivity index (χ0v) is 20.7. The first-order chi connectivity index (χ1) is 13.0. The number of aryl methyl sites for hydroxylation is 1. The average molecular weight is 502 g/mol. The average Bonchev–Trinajstić information content (AvgIpc) is 2.69. The number of aliphatic imine (C=N–C) groups is 1. The smallest absolute Gasteiger partial charge is 0.191 e. The lowest BCUT2D eigenvalue weighted by atomic mass is 10.0. The lowest BCUT2D eigenvalue weighted by Gasteiger charge is -2.35. The van der Waals surface area contributed by atoms with E-state index in [4.69, 9.17) is 0 Å². The SMILES string of the molecule is CCN1CCN(CC(C)CNC(=NC)NCC(C)c2ccc(C)cc2)CC1.I. The van der Waals surface area contributed by atoms with Gasteiger partial charge in [0.2, 0.25) is 0 Å². The Labute approximate surface area is 189 Å². The topological polar surface area (TPSA) is 42.9 Å². The molecule has 2 N–H and O–H groups in total. The third-order valence-electron chi connectivity index (χ3n) is 5.55. The summed E-state index contributed by atoms with van der Waals surface area (Å²) >= 11 is 0. The van der Waals surface area contributed by atoms with Crippen molar-refractivity contribution in [2.75, 3.05) is 59.4 Å². The zero-order valence-electron chi connectivity index (χ0n) is 18.4. The normalized spacial score (nSPS) is 18.2. The van der Waals surface area contributed by atoms with Gasteiger partial charge in [0, 0.05) is 52.9 Å². The molecule has 0 radical (unpaired) electrons. The summed E-state index contributed by atoms with van der Waals surface area (Å²) in [5.74, 6) is 1.96. The lowest BCUT2D eigenvalue weighted by Crippen LogP contribution is -2.48. The third kappa shape index (κ3) is 8.66. The number of halogens is 1. The van der Waals surface area contributed by atoms with Gasteiger partial charge >= 0.3 is 0 Å². The highest BCUT2D eigenvalue weighted by atomic mass is 127. The van der Waals surface area contributed by atoms with Crippen LogP contribution in [0, 0.1) is 12.8 Å². The van der Waals surface area contributed by atoms with E-state index in [0.717, 1.165) is 25.6 Å². The summed E-state index contributed by atoms with van der Waals surface area (Å²) in [7, 11) is 1.85. The molecule has 0 bridgehead atoms. The highest BCUT2D eigenvalue weighted by molar-refractivity contribution is 14.0. The Morgan fingerprint density at radius 3 is 2.14 bits per heavy atom. The fourth-order valence-corrected chi connectivity index (χ4v) is 3.55. The van der Waals surface area contributed by atoms with Crippen molar-refractivity contribution >= 4 is 29.9 Å². The summed E-state index contributed by atoms with van der Waals surface area (Å²) in [5, 5.41) is 6.97. The molecule has 1 aliphatic heterocycles. The van der Waals surface area contributed by atoms with Crippen LogP contribution in [0.15, 0.2) is 29.3 Å². The van der Waals surface area contributed by atoms with Crippen molar-refractivity contribution in [2.45, 2.75) is 33.6 Å². The Bertz CT molecular complexity index is 567. The molecule has 2 unspecified atom stereocenters. The summed E-state index contributed by atoms with van der Waals surface area (Å²) in [6, 6.07) is 8.80. The summed E-state index contributed by atoms with van der Waals surface area (Å²) in [6.07, 6.45) is 0. The number of guanidine groups is 1. The molecule has 0 spiro atoms. The summed E-state index contributed by atoms with van der Waals surface area (Å²) < 4.78 is 0. The molecule has 6 heteroatoms. The van der Waals surface area contributed by atoms with Crippen LogP contribution in [0.2, 0.25) is 0 Å². The van der Waals surface area contributed by atoms with E-state index in [1.54, 1.807) is 0 Å². The maximum Gasteiger partial charge on any atom is 0.191 e. The van der Waals surface area contributed by atoms with Crippen molar-refractivity contribution < 1.29 is 0 Å². The molecule has 1 fully saturated rings. The van der Waals surface area contributed by atoms with E-state index >= 15 is 0 Å². The number of nitrogens with zero attached hydrogens (tertiary/aromatic N) is 3. The van der Waals surface area contributed by atoms with E-state index in [2.05, 4.69) is 77.4 Å². The first-order valence-corrected chi connectivity index (χ1v) is 10.5. The van der Waals surface area contributed by atoms with Crippen LogP contribution in [-0.2, 0) is 0 Å². The molecule has 0 saturated carbocycles. The lowest BCUT2D eigenvalue weighted by molar-refractivity contribution is 0.124. The molecule has 0 aliphatic carbocycles. The minimum atomic E-state index is 0. The van der Waals surface area contributed by atoms with Crippen molar-refractivity contribution in [3.63, 3.8) is 0 Å². The molecule has 1 aromatic rings. The maximum absolute atomic E-state index is 4.38. The fraction of sp³-hybridized carbons (Fsp3) is 0.682. The van der Waals surface area contributed by atoms with Gasteiger partial charge in [0.15, 0.2) is 5.96 Å². The van der Waals surface area contributed by atoms with Crippen molar-refractivity contribution in [1.29, 1.82) is 0 Å². The quantitative estimate of drug-likeness (QED) is 0.327. The van der Waals surface area contributed by atoms with Crippen molar-refractivity contribution in [3.05, 3.63) is 35.4 Å². The Morgan fingerprint density at radius 1 is 1.00 bits per heavy atom. The number of benzene rings is 1. The molecule has 0 amide bonds. The van der Waals surface area contributed by atoms with E-state index in [-0.39, 0.29) is 24.0 Å². The number of nitrogens with one attached hydrogen (secondary N) is 2. The molecular formula is C22H40IN5. The molecule has 1 saturated heterocycles. The van der Waals surface area contributed by atoms with Crippen LogP contribution in [0.25, 0.3) is 0 Å². The number of hydrogen-bond donors (Lipinski definition) is 2. The van der Waals surface area contributed by atoms with Crippen molar-refractivity contribution in [2.24, 2.45) is 10.9 Å². The molecule has 28 heavy (non-hydrogen) atoms. The zero-order chi connectivity index (χ0) is 19.6. The highest BCUT2D eigenvalue weighted by Gasteiger charge is 2.17. The van der Waals surface area contributed by atoms with Gasteiger partial charge in [-0.25, -0.2) is 0 Å². The summed E-state index contributed by atoms with van der Waals surface area (Å²) in [4.78, 5) is 9.50. The van der Waals surface area contributed by atoms with E-state index in [1.807, 2.05) is 7.05 Å². The van der Waals surface area contributed by atoms with Crippen LogP contribution in [0.3, 0.4) is 0 Å². The van der Waals surface area contributed by atoms with E-state index in [9.17, 15) is 0 Å². The maximum atomic E-state index is 4.38. The molecule has 160 valence electrons. The largest absolute Gasteiger partial charge is 0.356 e. The molecule has 5 nitrogen and oxygen atoms in total. The number of piperazine rings is 1. The van der Waals surface area contributed by atoms with E-state index < -0.39 is 0 Å². The van der Waals surface area contributed by atoms with Gasteiger partial charge in [-0.05, 0) is 30.9 Å². The van der Waals surface area contributed by atoms with Gasteiger partial charge in [-0.3, -0.25) is 4.99 Å². The summed E-state index contributed by atoms with van der Waals surface area (Å²) in [6.45, 7) is 17.9. The molecule has 1 aromatic carbocycles. The first-order valence-electron chi connectivity index (χ1n) is 10.5. The van der Waals surface area contributed by atoms with Gasteiger partial charge < -0.3 is 20.4 Å². The van der Waals surface area contributed by atoms with Crippen molar-refractivity contribution in [3.8, 4) is 0 Å². The van der Waals surface area contributed by atoms with Crippen LogP contribution in [0.4, 0.5) is 0 Å². The van der Waals surface area contributed by atoms with Gasteiger partial charge in [-0.2, -0.15) is 0 Å². The van der Waals surface area contributed by atoms with Gasteiger partial charge in [0.05, 0.1) is 0 Å².